The highest BCUT2D eigenvalue weighted by Crippen LogP contribution is 2.36. The van der Waals surface area contributed by atoms with Crippen LogP contribution in [0.4, 0.5) is 0 Å². The topological polar surface area (TPSA) is 72.8 Å². The number of aliphatic hydroxyl groups is 1. The molecule has 172 valence electrons. The number of ether oxygens (including phenoxy) is 1. The van der Waals surface area contributed by atoms with Crippen LogP contribution in [0.5, 0.6) is 0 Å². The molecule has 0 amide bonds. The van der Waals surface area contributed by atoms with Crippen molar-refractivity contribution in [2.45, 2.75) is 70.3 Å². The largest absolute Gasteiger partial charge is 0.394 e. The van der Waals surface area contributed by atoms with Gasteiger partial charge in [-0.05, 0) is 40.0 Å². The molecular formula is C25H36O5S. The molecule has 0 aliphatic carbocycles. The third-order valence-corrected chi connectivity index (χ3v) is 6.70. The number of hydrogen-bond acceptors (Lipinski definition) is 5. The summed E-state index contributed by atoms with van der Waals surface area (Å²) in [7, 11) is -4.02. The average molecular weight is 449 g/mol. The number of aliphatic hydroxyl groups excluding tert-OH is 1. The van der Waals surface area contributed by atoms with Gasteiger partial charge in [-0.15, -0.1) is 0 Å². The summed E-state index contributed by atoms with van der Waals surface area (Å²) in [5.74, 6) is 0.349. The van der Waals surface area contributed by atoms with Gasteiger partial charge in [0.15, 0.2) is 0 Å². The van der Waals surface area contributed by atoms with E-state index in [1.807, 2.05) is 70.2 Å². The first-order valence-corrected chi connectivity index (χ1v) is 12.3. The highest BCUT2D eigenvalue weighted by molar-refractivity contribution is 7.86. The molecule has 0 spiro atoms. The Morgan fingerprint density at radius 3 is 1.84 bits per heavy atom. The minimum absolute atomic E-state index is 0.0279. The van der Waals surface area contributed by atoms with Crippen molar-refractivity contribution in [1.29, 1.82) is 0 Å². The van der Waals surface area contributed by atoms with Crippen molar-refractivity contribution < 1.29 is 22.4 Å². The van der Waals surface area contributed by atoms with Crippen LogP contribution in [0.25, 0.3) is 0 Å². The Morgan fingerprint density at radius 2 is 1.39 bits per heavy atom. The Bertz CT molecular complexity index is 905. The van der Waals surface area contributed by atoms with Crippen molar-refractivity contribution in [2.24, 2.45) is 0 Å². The molecule has 1 atom stereocenters. The normalized spacial score (nSPS) is 13.4. The minimum atomic E-state index is -4.02. The lowest BCUT2D eigenvalue weighted by Crippen LogP contribution is -2.20. The summed E-state index contributed by atoms with van der Waals surface area (Å²) in [5, 5.41) is 9.15. The smallest absolute Gasteiger partial charge is 0.297 e. The first kappa shape index (κ1) is 25.5. The number of benzene rings is 2. The maximum absolute atomic E-state index is 13.4. The second-order valence-electron chi connectivity index (χ2n) is 8.72. The highest BCUT2D eigenvalue weighted by atomic mass is 32.2. The van der Waals surface area contributed by atoms with E-state index in [2.05, 4.69) is 13.8 Å². The van der Waals surface area contributed by atoms with Gasteiger partial charge in [-0.25, -0.2) is 0 Å². The summed E-state index contributed by atoms with van der Waals surface area (Å²) in [4.78, 5) is 0.274. The third-order valence-electron chi connectivity index (χ3n) is 5.29. The van der Waals surface area contributed by atoms with E-state index in [-0.39, 0.29) is 36.6 Å². The van der Waals surface area contributed by atoms with Crippen LogP contribution in [0.15, 0.2) is 47.4 Å². The predicted molar refractivity (Wildman–Crippen MR) is 124 cm³/mol. The minimum Gasteiger partial charge on any atom is -0.394 e. The predicted octanol–water partition coefficient (Wildman–Crippen LogP) is 5.51. The van der Waals surface area contributed by atoms with Gasteiger partial charge in [-0.1, -0.05) is 84.0 Å². The average Bonchev–Trinajstić information content (AvgIpc) is 2.73. The van der Waals surface area contributed by atoms with E-state index in [9.17, 15) is 8.42 Å². The molecule has 0 saturated heterocycles. The summed E-state index contributed by atoms with van der Waals surface area (Å²) in [6.07, 6.45) is -0.594. The summed E-state index contributed by atoms with van der Waals surface area (Å²) in [6, 6.07) is 13.3. The van der Waals surface area contributed by atoms with Crippen molar-refractivity contribution in [3.63, 3.8) is 0 Å². The van der Waals surface area contributed by atoms with Crippen molar-refractivity contribution in [3.05, 3.63) is 64.7 Å². The van der Waals surface area contributed by atoms with Crippen LogP contribution < -0.4 is 0 Å². The quantitative estimate of drug-likeness (QED) is 0.459. The van der Waals surface area contributed by atoms with E-state index < -0.39 is 16.2 Å². The van der Waals surface area contributed by atoms with E-state index in [0.29, 0.717) is 5.92 Å². The van der Waals surface area contributed by atoms with Crippen molar-refractivity contribution in [3.8, 4) is 0 Å². The van der Waals surface area contributed by atoms with Gasteiger partial charge in [0.25, 0.3) is 10.1 Å². The first-order chi connectivity index (χ1) is 14.6. The van der Waals surface area contributed by atoms with E-state index in [4.69, 9.17) is 14.0 Å². The first-order valence-electron chi connectivity index (χ1n) is 10.9. The van der Waals surface area contributed by atoms with Gasteiger partial charge in [0.05, 0.1) is 19.8 Å². The highest BCUT2D eigenvalue weighted by Gasteiger charge is 2.29. The van der Waals surface area contributed by atoms with E-state index in [1.54, 1.807) is 0 Å². The summed E-state index contributed by atoms with van der Waals surface area (Å²) in [5.41, 5.74) is 3.49. The van der Waals surface area contributed by atoms with Crippen molar-refractivity contribution in [2.75, 3.05) is 19.8 Å². The summed E-state index contributed by atoms with van der Waals surface area (Å²) < 4.78 is 38.1. The van der Waals surface area contributed by atoms with Gasteiger partial charge in [-0.2, -0.15) is 8.42 Å². The fraction of sp³-hybridized carbons (Fsp3) is 0.520. The Labute approximate surface area is 187 Å². The molecule has 0 bridgehead atoms. The lowest BCUT2D eigenvalue weighted by Gasteiger charge is -2.23. The Hall–Kier alpha value is -1.73. The second-order valence-corrected chi connectivity index (χ2v) is 10.3. The molecule has 1 N–H and O–H groups in total. The molecular weight excluding hydrogens is 412 g/mol. The van der Waals surface area contributed by atoms with Crippen LogP contribution >= 0.6 is 0 Å². The van der Waals surface area contributed by atoms with Crippen molar-refractivity contribution >= 4 is 10.1 Å². The monoisotopic (exact) mass is 448 g/mol. The molecule has 0 saturated carbocycles. The van der Waals surface area contributed by atoms with Crippen LogP contribution in [0.2, 0.25) is 0 Å². The van der Waals surface area contributed by atoms with Gasteiger partial charge in [0.2, 0.25) is 0 Å². The third kappa shape index (κ3) is 6.62. The maximum atomic E-state index is 13.4. The zero-order valence-electron chi connectivity index (χ0n) is 19.5. The molecule has 0 aromatic heterocycles. The molecule has 2 aromatic rings. The molecule has 31 heavy (non-hydrogen) atoms. The lowest BCUT2D eigenvalue weighted by atomic mass is 9.89. The molecule has 0 aliphatic heterocycles. The molecule has 0 heterocycles. The molecule has 0 radical (unpaired) electrons. The zero-order chi connectivity index (χ0) is 23.2. The molecule has 0 aliphatic rings. The van der Waals surface area contributed by atoms with Crippen LogP contribution in [0, 0.1) is 0 Å². The van der Waals surface area contributed by atoms with Crippen molar-refractivity contribution in [1.82, 2.24) is 0 Å². The summed E-state index contributed by atoms with van der Waals surface area (Å²) in [6.45, 7) is 12.0. The van der Waals surface area contributed by atoms with E-state index >= 15 is 0 Å². The SMILES string of the molecule is CC(C)c1cc(C(C)C)c(S(=O)(=O)OCC(OCCO)c2ccccc2)c(C(C)C)c1. The lowest BCUT2D eigenvalue weighted by molar-refractivity contribution is 0.00262. The van der Waals surface area contributed by atoms with Gasteiger partial charge < -0.3 is 9.84 Å². The fourth-order valence-corrected chi connectivity index (χ4v) is 5.08. The van der Waals surface area contributed by atoms with Crippen LogP contribution in [-0.2, 0) is 19.0 Å². The maximum Gasteiger partial charge on any atom is 0.297 e. The Balaban J connectivity index is 2.45. The van der Waals surface area contributed by atoms with Crippen LogP contribution in [0.1, 0.15) is 87.7 Å². The van der Waals surface area contributed by atoms with Gasteiger partial charge in [0.1, 0.15) is 11.0 Å². The Kier molecular flexibility index (Phi) is 9.25. The molecule has 2 aromatic carbocycles. The molecule has 1 unspecified atom stereocenters. The van der Waals surface area contributed by atoms with Gasteiger partial charge in [0, 0.05) is 0 Å². The van der Waals surface area contributed by atoms with Gasteiger partial charge >= 0.3 is 0 Å². The molecule has 6 heteroatoms. The molecule has 5 nitrogen and oxygen atoms in total. The number of hydrogen-bond donors (Lipinski definition) is 1. The second kappa shape index (κ2) is 11.2. The van der Waals surface area contributed by atoms with Crippen LogP contribution in [0.3, 0.4) is 0 Å². The van der Waals surface area contributed by atoms with Gasteiger partial charge in [-0.3, -0.25) is 4.18 Å². The summed E-state index contributed by atoms with van der Waals surface area (Å²) >= 11 is 0. The molecule has 0 fully saturated rings. The van der Waals surface area contributed by atoms with Crippen LogP contribution in [-0.4, -0.2) is 33.3 Å². The zero-order valence-corrected chi connectivity index (χ0v) is 20.3. The fourth-order valence-electron chi connectivity index (χ4n) is 3.49. The van der Waals surface area contributed by atoms with E-state index in [1.165, 1.54) is 0 Å². The Morgan fingerprint density at radius 1 is 0.839 bits per heavy atom. The molecule has 2 rings (SSSR count). The number of rotatable bonds is 11. The van der Waals surface area contributed by atoms with E-state index in [0.717, 1.165) is 22.3 Å². The standard InChI is InChI=1S/C25H36O5S/c1-17(2)21-14-22(18(3)4)25(23(15-21)19(5)6)31(27,28)30-16-24(29-13-12-26)20-10-8-7-9-11-20/h7-11,14-15,17-19,24,26H,12-13,16H2,1-6H3.